The number of nitrogens with zero attached hydrogens (tertiary/aromatic N) is 2. The van der Waals surface area contributed by atoms with Gasteiger partial charge in [0.2, 0.25) is 0 Å². The van der Waals surface area contributed by atoms with Gasteiger partial charge in [-0.15, -0.1) is 0 Å². The van der Waals surface area contributed by atoms with E-state index in [-0.39, 0.29) is 11.4 Å². The zero-order chi connectivity index (χ0) is 21.8. The Morgan fingerprint density at radius 2 is 1.73 bits per heavy atom. The maximum Gasteiger partial charge on any atom is 0.254 e. The molecule has 0 bridgehead atoms. The van der Waals surface area contributed by atoms with Gasteiger partial charge >= 0.3 is 0 Å². The number of anilines is 1. The van der Waals surface area contributed by atoms with Gasteiger partial charge in [-0.25, -0.2) is 4.98 Å². The third-order valence-electron chi connectivity index (χ3n) is 4.45. The maximum absolute atomic E-state index is 12.3. The molecular weight excluding hydrogens is 445 g/mol. The number of nitrogens with one attached hydrogen (secondary N) is 1. The number of rotatable bonds is 5. The second-order valence-electron chi connectivity index (χ2n) is 6.39. The van der Waals surface area contributed by atoms with Crippen LogP contribution in [-0.4, -0.2) is 24.1 Å². The van der Waals surface area contributed by atoms with Crippen molar-refractivity contribution >= 4 is 46.5 Å². The number of methoxy groups -OCH3 is 1. The minimum atomic E-state index is -0.711. The lowest BCUT2D eigenvalue weighted by Crippen LogP contribution is -2.27. The first kappa shape index (κ1) is 22.1. The van der Waals surface area contributed by atoms with Crippen LogP contribution in [0.2, 0.25) is 15.1 Å². The van der Waals surface area contributed by atoms with E-state index in [2.05, 4.69) is 16.4 Å². The average molecular weight is 461 g/mol. The van der Waals surface area contributed by atoms with Crippen molar-refractivity contribution in [2.45, 2.75) is 13.0 Å². The molecule has 1 aromatic heterocycles. The van der Waals surface area contributed by atoms with Gasteiger partial charge in [-0.3, -0.25) is 4.79 Å². The fourth-order valence-corrected chi connectivity index (χ4v) is 3.38. The van der Waals surface area contributed by atoms with E-state index >= 15 is 0 Å². The van der Waals surface area contributed by atoms with Crippen molar-refractivity contribution in [3.05, 3.63) is 69.2 Å². The van der Waals surface area contributed by atoms with Crippen LogP contribution in [0.4, 0.5) is 5.82 Å². The van der Waals surface area contributed by atoms with Crippen molar-refractivity contribution in [3.63, 3.8) is 0 Å². The number of halogens is 3. The number of carbonyl (C=O) groups excluding carboxylic acids is 1. The molecule has 0 fully saturated rings. The molecule has 0 aliphatic heterocycles. The largest absolute Gasteiger partial charge is 0.372 e. The Bertz CT molecular complexity index is 1140. The number of benzene rings is 2. The monoisotopic (exact) mass is 459 g/mol. The van der Waals surface area contributed by atoms with Gasteiger partial charge < -0.3 is 10.1 Å². The molecule has 0 radical (unpaired) electrons. The van der Waals surface area contributed by atoms with Crippen LogP contribution in [0.15, 0.2) is 48.5 Å². The summed E-state index contributed by atoms with van der Waals surface area (Å²) in [5.41, 5.74) is 2.73. The van der Waals surface area contributed by atoms with Crippen LogP contribution in [-0.2, 0) is 9.53 Å². The molecule has 2 aromatic carbocycles. The zero-order valence-corrected chi connectivity index (χ0v) is 18.3. The fourth-order valence-electron chi connectivity index (χ4n) is 2.76. The first-order chi connectivity index (χ1) is 14.3. The van der Waals surface area contributed by atoms with E-state index in [9.17, 15) is 10.1 Å². The van der Waals surface area contributed by atoms with Gasteiger partial charge in [0.25, 0.3) is 5.91 Å². The summed E-state index contributed by atoms with van der Waals surface area (Å²) in [6.45, 7) is 1.60. The summed E-state index contributed by atoms with van der Waals surface area (Å²) in [4.78, 5) is 16.9. The Kier molecular flexibility index (Phi) is 6.96. The van der Waals surface area contributed by atoms with Gasteiger partial charge in [0.05, 0.1) is 16.3 Å². The highest BCUT2D eigenvalue weighted by molar-refractivity contribution is 6.36. The van der Waals surface area contributed by atoms with E-state index in [0.29, 0.717) is 31.9 Å². The molecule has 5 nitrogen and oxygen atoms in total. The molecule has 3 rings (SSSR count). The Balaban J connectivity index is 2.24. The van der Waals surface area contributed by atoms with Gasteiger partial charge in [-0.05, 0) is 48.9 Å². The lowest BCUT2D eigenvalue weighted by atomic mass is 9.97. The number of amides is 1. The van der Waals surface area contributed by atoms with Crippen LogP contribution in [0.5, 0.6) is 0 Å². The SMILES string of the molecule is COC(C)C(=O)Nc1nc(-c2ccc(Cl)cc2Cl)c(-c2ccc(Cl)cc2)cc1C#N. The van der Waals surface area contributed by atoms with Crippen LogP contribution < -0.4 is 5.32 Å². The van der Waals surface area contributed by atoms with E-state index in [1.807, 2.05) is 12.1 Å². The highest BCUT2D eigenvalue weighted by Gasteiger charge is 2.20. The van der Waals surface area contributed by atoms with E-state index in [1.165, 1.54) is 7.11 Å². The van der Waals surface area contributed by atoms with Crippen LogP contribution in [0.25, 0.3) is 22.4 Å². The van der Waals surface area contributed by atoms with Gasteiger partial charge in [-0.1, -0.05) is 46.9 Å². The molecule has 0 saturated heterocycles. The molecule has 1 N–H and O–H groups in total. The van der Waals surface area contributed by atoms with Crippen LogP contribution in [0.1, 0.15) is 12.5 Å². The average Bonchev–Trinajstić information content (AvgIpc) is 2.73. The predicted molar refractivity (Wildman–Crippen MR) is 120 cm³/mol. The quantitative estimate of drug-likeness (QED) is 0.490. The minimum absolute atomic E-state index is 0.116. The number of carbonyl (C=O) groups is 1. The topological polar surface area (TPSA) is 75.0 Å². The van der Waals surface area contributed by atoms with Crippen LogP contribution in [0.3, 0.4) is 0 Å². The number of pyridine rings is 1. The van der Waals surface area contributed by atoms with Crippen molar-refractivity contribution in [2.24, 2.45) is 0 Å². The minimum Gasteiger partial charge on any atom is -0.372 e. The van der Waals surface area contributed by atoms with Crippen molar-refractivity contribution in [1.82, 2.24) is 4.98 Å². The molecule has 3 aromatic rings. The lowest BCUT2D eigenvalue weighted by molar-refractivity contribution is -0.124. The molecule has 0 aliphatic rings. The smallest absolute Gasteiger partial charge is 0.254 e. The summed E-state index contributed by atoms with van der Waals surface area (Å²) in [6, 6.07) is 15.9. The number of hydrogen-bond acceptors (Lipinski definition) is 4. The zero-order valence-electron chi connectivity index (χ0n) is 16.0. The second-order valence-corrected chi connectivity index (χ2v) is 7.67. The second kappa shape index (κ2) is 9.46. The predicted octanol–water partition coefficient (Wildman–Crippen LogP) is 6.22. The molecular formula is C22H16Cl3N3O2. The molecule has 30 heavy (non-hydrogen) atoms. The summed E-state index contributed by atoms with van der Waals surface area (Å²) in [5, 5.41) is 13.8. The summed E-state index contributed by atoms with van der Waals surface area (Å²) in [5.74, 6) is -0.306. The molecule has 0 saturated carbocycles. The normalized spacial score (nSPS) is 11.6. The van der Waals surface area contributed by atoms with Gasteiger partial charge in [0, 0.05) is 28.3 Å². The van der Waals surface area contributed by atoms with E-state index in [4.69, 9.17) is 39.5 Å². The Labute approximate surface area is 189 Å². The number of aromatic nitrogens is 1. The highest BCUT2D eigenvalue weighted by atomic mass is 35.5. The third-order valence-corrected chi connectivity index (χ3v) is 5.25. The van der Waals surface area contributed by atoms with Gasteiger partial charge in [0.1, 0.15) is 12.2 Å². The maximum atomic E-state index is 12.3. The lowest BCUT2D eigenvalue weighted by Gasteiger charge is -2.16. The van der Waals surface area contributed by atoms with Crippen molar-refractivity contribution < 1.29 is 9.53 Å². The Morgan fingerprint density at radius 1 is 1.07 bits per heavy atom. The van der Waals surface area contributed by atoms with Crippen LogP contribution in [0, 0.1) is 11.3 Å². The summed E-state index contributed by atoms with van der Waals surface area (Å²) < 4.78 is 5.04. The van der Waals surface area contributed by atoms with E-state index < -0.39 is 12.0 Å². The summed E-state index contributed by atoms with van der Waals surface area (Å²) in [6.07, 6.45) is -0.711. The molecule has 8 heteroatoms. The molecule has 0 spiro atoms. The standard InChI is InChI=1S/C22H16Cl3N3O2/c1-12(30-2)22(29)28-21-14(11-26)9-18(13-3-5-15(23)6-4-13)20(27-21)17-8-7-16(24)10-19(17)25/h3-10,12H,1-2H3,(H,27,28,29). The Hall–Kier alpha value is -2.62. The number of hydrogen-bond donors (Lipinski definition) is 1. The summed E-state index contributed by atoms with van der Waals surface area (Å²) in [7, 11) is 1.42. The first-order valence-electron chi connectivity index (χ1n) is 8.84. The summed E-state index contributed by atoms with van der Waals surface area (Å²) >= 11 is 18.5. The van der Waals surface area contributed by atoms with Crippen LogP contribution >= 0.6 is 34.8 Å². The van der Waals surface area contributed by atoms with Gasteiger partial charge in [-0.2, -0.15) is 5.26 Å². The van der Waals surface area contributed by atoms with E-state index in [0.717, 1.165) is 5.56 Å². The van der Waals surface area contributed by atoms with Crippen molar-refractivity contribution in [3.8, 4) is 28.5 Å². The highest BCUT2D eigenvalue weighted by Crippen LogP contribution is 2.38. The van der Waals surface area contributed by atoms with Crippen molar-refractivity contribution in [2.75, 3.05) is 12.4 Å². The molecule has 1 heterocycles. The first-order valence-corrected chi connectivity index (χ1v) is 9.97. The third kappa shape index (κ3) is 4.75. The van der Waals surface area contributed by atoms with Gasteiger partial charge in [0.15, 0.2) is 5.82 Å². The van der Waals surface area contributed by atoms with E-state index in [1.54, 1.807) is 43.3 Å². The molecule has 0 aliphatic carbocycles. The molecule has 1 amide bonds. The number of ether oxygens (including phenoxy) is 1. The molecule has 152 valence electrons. The molecule has 1 atom stereocenters. The Morgan fingerprint density at radius 3 is 2.33 bits per heavy atom. The fraction of sp³-hybridized carbons (Fsp3) is 0.136. The number of nitriles is 1. The van der Waals surface area contributed by atoms with Crippen molar-refractivity contribution in [1.29, 1.82) is 5.26 Å². The molecule has 1 unspecified atom stereocenters.